The Kier molecular flexibility index (Phi) is 5.40. The first-order valence-electron chi connectivity index (χ1n) is 9.41. The Bertz CT molecular complexity index is 1240. The van der Waals surface area contributed by atoms with E-state index in [9.17, 15) is 9.59 Å². The molecule has 4 aromatic rings. The lowest BCUT2D eigenvalue weighted by molar-refractivity contribution is 0.0935. The second-order valence-electron chi connectivity index (χ2n) is 6.92. The fraction of sp³-hybridized carbons (Fsp3) is 0.227. The van der Waals surface area contributed by atoms with Gasteiger partial charge in [-0.25, -0.2) is 4.98 Å². The third-order valence-electron chi connectivity index (χ3n) is 5.04. The highest BCUT2D eigenvalue weighted by Crippen LogP contribution is 2.24. The van der Waals surface area contributed by atoms with Gasteiger partial charge in [0.2, 0.25) is 5.56 Å². The SMILES string of the molecule is CSCCC(NC(=O)c1cc(=O)[nH]c2ccccc12)c1nc2ccccc2n1C. The predicted octanol–water partition coefficient (Wildman–Crippen LogP) is 3.64. The summed E-state index contributed by atoms with van der Waals surface area (Å²) >= 11 is 1.72. The van der Waals surface area contributed by atoms with Gasteiger partial charge in [0.15, 0.2) is 0 Å². The molecule has 2 N–H and O–H groups in total. The highest BCUT2D eigenvalue weighted by molar-refractivity contribution is 7.98. The molecule has 4 rings (SSSR count). The van der Waals surface area contributed by atoms with Crippen LogP contribution in [0.5, 0.6) is 0 Å². The molecule has 148 valence electrons. The van der Waals surface area contributed by atoms with Crippen LogP contribution in [0.3, 0.4) is 0 Å². The van der Waals surface area contributed by atoms with Crippen LogP contribution >= 0.6 is 11.8 Å². The van der Waals surface area contributed by atoms with Crippen LogP contribution in [0.4, 0.5) is 0 Å². The summed E-state index contributed by atoms with van der Waals surface area (Å²) in [5, 5.41) is 3.84. The number of amides is 1. The van der Waals surface area contributed by atoms with Crippen molar-refractivity contribution < 1.29 is 4.79 Å². The van der Waals surface area contributed by atoms with Crippen LogP contribution in [0.2, 0.25) is 0 Å². The second-order valence-corrected chi connectivity index (χ2v) is 7.90. The third-order valence-corrected chi connectivity index (χ3v) is 5.69. The number of aryl methyl sites for hydroxylation is 1. The molecule has 29 heavy (non-hydrogen) atoms. The van der Waals surface area contributed by atoms with Gasteiger partial charge < -0.3 is 14.9 Å². The normalized spacial score (nSPS) is 12.3. The minimum Gasteiger partial charge on any atom is -0.342 e. The zero-order valence-electron chi connectivity index (χ0n) is 16.3. The Morgan fingerprint density at radius 1 is 1.21 bits per heavy atom. The summed E-state index contributed by atoms with van der Waals surface area (Å²) in [7, 11) is 1.96. The first-order valence-corrected chi connectivity index (χ1v) is 10.8. The van der Waals surface area contributed by atoms with E-state index in [1.54, 1.807) is 17.8 Å². The third kappa shape index (κ3) is 3.78. The van der Waals surface area contributed by atoms with E-state index in [1.165, 1.54) is 6.07 Å². The molecule has 0 spiro atoms. The molecule has 1 unspecified atom stereocenters. The van der Waals surface area contributed by atoms with Crippen molar-refractivity contribution in [3.63, 3.8) is 0 Å². The Labute approximate surface area is 172 Å². The molecule has 0 saturated carbocycles. The quantitative estimate of drug-likeness (QED) is 0.512. The molecule has 0 aliphatic carbocycles. The van der Waals surface area contributed by atoms with Crippen molar-refractivity contribution in [2.75, 3.05) is 12.0 Å². The van der Waals surface area contributed by atoms with Gasteiger partial charge in [0.05, 0.1) is 22.6 Å². The molecule has 2 aromatic heterocycles. The first kappa shape index (κ1) is 19.3. The fourth-order valence-corrected chi connectivity index (χ4v) is 4.08. The molecule has 0 saturated heterocycles. The lowest BCUT2D eigenvalue weighted by Crippen LogP contribution is -2.31. The summed E-state index contributed by atoms with van der Waals surface area (Å²) < 4.78 is 2.02. The van der Waals surface area contributed by atoms with Gasteiger partial charge in [0.25, 0.3) is 5.91 Å². The van der Waals surface area contributed by atoms with Gasteiger partial charge >= 0.3 is 0 Å². The van der Waals surface area contributed by atoms with Gasteiger partial charge in [-0.2, -0.15) is 11.8 Å². The van der Waals surface area contributed by atoms with Crippen LogP contribution in [0.15, 0.2) is 59.4 Å². The highest BCUT2D eigenvalue weighted by Gasteiger charge is 2.22. The van der Waals surface area contributed by atoms with Crippen molar-refractivity contribution >= 4 is 39.6 Å². The average Bonchev–Trinajstić information content (AvgIpc) is 3.07. The summed E-state index contributed by atoms with van der Waals surface area (Å²) in [6, 6.07) is 16.3. The Morgan fingerprint density at radius 2 is 1.97 bits per heavy atom. The number of thioether (sulfide) groups is 1. The lowest BCUT2D eigenvalue weighted by atomic mass is 10.1. The monoisotopic (exact) mass is 406 g/mol. The Morgan fingerprint density at radius 3 is 2.76 bits per heavy atom. The number of nitrogens with zero attached hydrogens (tertiary/aromatic N) is 2. The molecule has 1 atom stereocenters. The summed E-state index contributed by atoms with van der Waals surface area (Å²) in [5.74, 6) is 1.41. The topological polar surface area (TPSA) is 79.8 Å². The number of imidazole rings is 1. The molecule has 2 aromatic carbocycles. The van der Waals surface area contributed by atoms with E-state index in [-0.39, 0.29) is 17.5 Å². The summed E-state index contributed by atoms with van der Waals surface area (Å²) in [6.45, 7) is 0. The number of benzene rings is 2. The van der Waals surface area contributed by atoms with Crippen LogP contribution in [-0.4, -0.2) is 32.5 Å². The van der Waals surface area contributed by atoms with Gasteiger partial charge in [-0.3, -0.25) is 9.59 Å². The van der Waals surface area contributed by atoms with Crippen molar-refractivity contribution in [1.82, 2.24) is 19.9 Å². The largest absolute Gasteiger partial charge is 0.342 e. The smallest absolute Gasteiger partial charge is 0.252 e. The van der Waals surface area contributed by atoms with Gasteiger partial charge in [-0.05, 0) is 36.6 Å². The predicted molar refractivity (Wildman–Crippen MR) is 118 cm³/mol. The van der Waals surface area contributed by atoms with Crippen molar-refractivity contribution in [3.8, 4) is 0 Å². The molecular weight excluding hydrogens is 384 g/mol. The molecule has 0 aliphatic rings. The zero-order chi connectivity index (χ0) is 20.4. The number of pyridine rings is 1. The number of carbonyl (C=O) groups is 1. The number of fused-ring (bicyclic) bond motifs is 2. The highest BCUT2D eigenvalue weighted by atomic mass is 32.2. The van der Waals surface area contributed by atoms with Gasteiger partial charge in [0.1, 0.15) is 5.82 Å². The fourth-order valence-electron chi connectivity index (χ4n) is 3.61. The maximum absolute atomic E-state index is 13.2. The number of aromatic amines is 1. The zero-order valence-corrected chi connectivity index (χ0v) is 17.1. The molecule has 0 radical (unpaired) electrons. The maximum atomic E-state index is 13.2. The van der Waals surface area contributed by atoms with Crippen molar-refractivity contribution in [2.45, 2.75) is 12.5 Å². The molecule has 7 heteroatoms. The van der Waals surface area contributed by atoms with E-state index in [4.69, 9.17) is 4.98 Å². The molecule has 2 heterocycles. The van der Waals surface area contributed by atoms with Crippen LogP contribution in [0.1, 0.15) is 28.6 Å². The average molecular weight is 407 g/mol. The van der Waals surface area contributed by atoms with E-state index < -0.39 is 0 Å². The number of hydrogen-bond acceptors (Lipinski definition) is 4. The number of H-pyrrole nitrogens is 1. The van der Waals surface area contributed by atoms with Gasteiger partial charge in [0, 0.05) is 24.0 Å². The minimum absolute atomic E-state index is 0.259. The van der Waals surface area contributed by atoms with E-state index >= 15 is 0 Å². The van der Waals surface area contributed by atoms with E-state index in [1.807, 2.05) is 60.3 Å². The van der Waals surface area contributed by atoms with Crippen molar-refractivity contribution in [1.29, 1.82) is 0 Å². The number of hydrogen-bond donors (Lipinski definition) is 2. The number of carbonyl (C=O) groups excluding carboxylic acids is 1. The number of para-hydroxylation sites is 3. The van der Waals surface area contributed by atoms with E-state index in [0.717, 1.165) is 34.4 Å². The van der Waals surface area contributed by atoms with Crippen LogP contribution in [-0.2, 0) is 7.05 Å². The van der Waals surface area contributed by atoms with Crippen LogP contribution in [0.25, 0.3) is 21.9 Å². The van der Waals surface area contributed by atoms with Crippen LogP contribution in [0, 0.1) is 0 Å². The summed E-state index contributed by atoms with van der Waals surface area (Å²) in [4.78, 5) is 32.8. The molecule has 0 aliphatic heterocycles. The molecule has 0 fully saturated rings. The van der Waals surface area contributed by atoms with E-state index in [0.29, 0.717) is 11.1 Å². The standard InChI is InChI=1S/C22H22N4O2S/c1-26-19-10-6-5-9-17(19)24-21(26)18(11-12-29-2)25-22(28)15-13-20(27)23-16-8-4-3-7-14(15)16/h3-10,13,18H,11-12H2,1-2H3,(H,23,27)(H,25,28). The second kappa shape index (κ2) is 8.13. The number of nitrogens with one attached hydrogen (secondary N) is 2. The first-order chi connectivity index (χ1) is 14.1. The molecule has 0 bridgehead atoms. The number of rotatable bonds is 6. The molecular formula is C22H22N4O2S. The van der Waals surface area contributed by atoms with E-state index in [2.05, 4.69) is 10.3 Å². The maximum Gasteiger partial charge on any atom is 0.252 e. The molecule has 1 amide bonds. The van der Waals surface area contributed by atoms with Gasteiger partial charge in [-0.15, -0.1) is 0 Å². The summed E-state index contributed by atoms with van der Waals surface area (Å²) in [5.41, 5.74) is 2.64. The Hall–Kier alpha value is -3.06. The Balaban J connectivity index is 1.73. The minimum atomic E-state index is -0.294. The van der Waals surface area contributed by atoms with Crippen molar-refractivity contribution in [3.05, 3.63) is 76.3 Å². The lowest BCUT2D eigenvalue weighted by Gasteiger charge is -2.19. The van der Waals surface area contributed by atoms with Crippen molar-refractivity contribution in [2.24, 2.45) is 7.05 Å². The van der Waals surface area contributed by atoms with Gasteiger partial charge in [-0.1, -0.05) is 30.3 Å². The van der Waals surface area contributed by atoms with Crippen LogP contribution < -0.4 is 10.9 Å². The summed E-state index contributed by atoms with van der Waals surface area (Å²) in [6.07, 6.45) is 2.78. The molecule has 6 nitrogen and oxygen atoms in total. The number of aromatic nitrogens is 3.